The molecule has 0 aromatic heterocycles. The molecule has 0 aliphatic heterocycles. The second-order valence-electron chi connectivity index (χ2n) is 6.40. The van der Waals surface area contributed by atoms with Gasteiger partial charge >= 0.3 is 6.18 Å². The number of benzene rings is 2. The van der Waals surface area contributed by atoms with Crippen molar-refractivity contribution in [1.29, 1.82) is 0 Å². The van der Waals surface area contributed by atoms with Crippen LogP contribution in [0, 0.1) is 6.92 Å². The molecule has 2 aromatic rings. The lowest BCUT2D eigenvalue weighted by molar-refractivity contribution is -0.137. The number of rotatable bonds is 7. The van der Waals surface area contributed by atoms with E-state index in [1.165, 1.54) is 17.2 Å². The third-order valence-electron chi connectivity index (χ3n) is 4.10. The van der Waals surface area contributed by atoms with E-state index in [2.05, 4.69) is 5.32 Å². The van der Waals surface area contributed by atoms with Crippen LogP contribution in [0.15, 0.2) is 48.5 Å². The molecule has 1 N–H and O–H groups in total. The Morgan fingerprint density at radius 3 is 2.54 bits per heavy atom. The number of nitrogens with one attached hydrogen (secondary N) is 1. The number of aryl methyl sites for hydroxylation is 1. The molecule has 0 bridgehead atoms. The highest BCUT2D eigenvalue weighted by Gasteiger charge is 2.30. The summed E-state index contributed by atoms with van der Waals surface area (Å²) in [7, 11) is 1.71. The predicted octanol–water partition coefficient (Wildman–Crippen LogP) is 3.80. The van der Waals surface area contributed by atoms with Gasteiger partial charge in [-0.15, -0.1) is 0 Å². The van der Waals surface area contributed by atoms with Crippen LogP contribution in [-0.2, 0) is 23.9 Å². The summed E-state index contributed by atoms with van der Waals surface area (Å²) in [6.45, 7) is 2.96. The van der Waals surface area contributed by atoms with Crippen molar-refractivity contribution in [2.75, 3.05) is 20.1 Å². The number of halogens is 3. The second kappa shape index (κ2) is 8.85. The minimum atomic E-state index is -4.36. The molecule has 26 heavy (non-hydrogen) atoms. The molecule has 2 aromatic carbocycles. The molecule has 140 valence electrons. The first-order valence-corrected chi connectivity index (χ1v) is 8.41. The SMILES string of the molecule is Cc1ccccc1CCNC(=O)CN(C)Cc1cccc(C(F)(F)F)c1. The first-order chi connectivity index (χ1) is 12.3. The summed E-state index contributed by atoms with van der Waals surface area (Å²) in [6, 6.07) is 13.2. The van der Waals surface area contributed by atoms with E-state index in [1.807, 2.05) is 31.2 Å². The van der Waals surface area contributed by atoms with Gasteiger partial charge in [-0.1, -0.05) is 42.5 Å². The topological polar surface area (TPSA) is 32.3 Å². The first kappa shape index (κ1) is 20.0. The summed E-state index contributed by atoms with van der Waals surface area (Å²) >= 11 is 0. The zero-order valence-corrected chi connectivity index (χ0v) is 14.9. The number of carbonyl (C=O) groups is 1. The average molecular weight is 364 g/mol. The van der Waals surface area contributed by atoms with Crippen molar-refractivity contribution in [1.82, 2.24) is 10.2 Å². The standard InChI is InChI=1S/C20H23F3N2O/c1-15-6-3-4-8-17(15)10-11-24-19(26)14-25(2)13-16-7-5-9-18(12-16)20(21,22)23/h3-9,12H,10-11,13-14H2,1-2H3,(H,24,26). The van der Waals surface area contributed by atoms with Crippen molar-refractivity contribution in [2.24, 2.45) is 0 Å². The predicted molar refractivity (Wildman–Crippen MR) is 95.7 cm³/mol. The number of alkyl halides is 3. The highest BCUT2D eigenvalue weighted by Crippen LogP contribution is 2.29. The maximum Gasteiger partial charge on any atom is 0.416 e. The number of nitrogens with zero attached hydrogens (tertiary/aromatic N) is 1. The summed E-state index contributed by atoms with van der Waals surface area (Å²) in [5.41, 5.74) is 2.22. The first-order valence-electron chi connectivity index (χ1n) is 8.41. The Hall–Kier alpha value is -2.34. The molecule has 0 unspecified atom stereocenters. The van der Waals surface area contributed by atoms with E-state index in [9.17, 15) is 18.0 Å². The molecule has 6 heteroatoms. The van der Waals surface area contributed by atoms with Gasteiger partial charge in [0.2, 0.25) is 5.91 Å². The van der Waals surface area contributed by atoms with Crippen LogP contribution in [0.2, 0.25) is 0 Å². The minimum Gasteiger partial charge on any atom is -0.355 e. The summed E-state index contributed by atoms with van der Waals surface area (Å²) in [4.78, 5) is 13.7. The van der Waals surface area contributed by atoms with Gasteiger partial charge in [0, 0.05) is 13.1 Å². The number of hydrogen-bond acceptors (Lipinski definition) is 2. The van der Waals surface area contributed by atoms with E-state index in [0.29, 0.717) is 12.1 Å². The third-order valence-corrected chi connectivity index (χ3v) is 4.10. The van der Waals surface area contributed by atoms with Gasteiger partial charge in [-0.25, -0.2) is 0 Å². The molecule has 0 radical (unpaired) electrons. The monoisotopic (exact) mass is 364 g/mol. The lowest BCUT2D eigenvalue weighted by Crippen LogP contribution is -2.35. The largest absolute Gasteiger partial charge is 0.416 e. The van der Waals surface area contributed by atoms with Crippen LogP contribution < -0.4 is 5.32 Å². The van der Waals surface area contributed by atoms with Crippen LogP contribution >= 0.6 is 0 Å². The normalized spacial score (nSPS) is 11.6. The molecule has 0 fully saturated rings. The molecule has 0 spiro atoms. The Kier molecular flexibility index (Phi) is 6.80. The highest BCUT2D eigenvalue weighted by atomic mass is 19.4. The summed E-state index contributed by atoms with van der Waals surface area (Å²) < 4.78 is 38.2. The van der Waals surface area contributed by atoms with Gasteiger partial charge in [0.15, 0.2) is 0 Å². The lowest BCUT2D eigenvalue weighted by Gasteiger charge is -2.17. The van der Waals surface area contributed by atoms with Gasteiger partial charge in [-0.05, 0) is 43.1 Å². The number of amides is 1. The van der Waals surface area contributed by atoms with Crippen LogP contribution in [-0.4, -0.2) is 30.9 Å². The minimum absolute atomic E-state index is 0.129. The highest BCUT2D eigenvalue weighted by molar-refractivity contribution is 5.77. The van der Waals surface area contributed by atoms with Gasteiger partial charge in [0.05, 0.1) is 12.1 Å². The molecule has 3 nitrogen and oxygen atoms in total. The Bertz CT molecular complexity index is 744. The second-order valence-corrected chi connectivity index (χ2v) is 6.40. The quantitative estimate of drug-likeness (QED) is 0.810. The number of likely N-dealkylation sites (N-methyl/N-ethyl adjacent to an activating group) is 1. The van der Waals surface area contributed by atoms with Crippen LogP contribution in [0.4, 0.5) is 13.2 Å². The third kappa shape index (κ3) is 6.19. The van der Waals surface area contributed by atoms with Crippen LogP contribution in [0.25, 0.3) is 0 Å². The van der Waals surface area contributed by atoms with Crippen molar-refractivity contribution in [2.45, 2.75) is 26.1 Å². The zero-order chi connectivity index (χ0) is 19.2. The molecule has 0 saturated heterocycles. The zero-order valence-electron chi connectivity index (χ0n) is 14.9. The van der Waals surface area contributed by atoms with Crippen molar-refractivity contribution < 1.29 is 18.0 Å². The number of hydrogen-bond donors (Lipinski definition) is 1. The van der Waals surface area contributed by atoms with Crippen molar-refractivity contribution >= 4 is 5.91 Å². The van der Waals surface area contributed by atoms with Crippen molar-refractivity contribution in [3.8, 4) is 0 Å². The van der Waals surface area contributed by atoms with Gasteiger partial charge < -0.3 is 5.32 Å². The molecule has 0 aliphatic rings. The fourth-order valence-electron chi connectivity index (χ4n) is 2.74. The summed E-state index contributed by atoms with van der Waals surface area (Å²) in [6.07, 6.45) is -3.61. The lowest BCUT2D eigenvalue weighted by atomic mass is 10.1. The fourth-order valence-corrected chi connectivity index (χ4v) is 2.74. The van der Waals surface area contributed by atoms with Crippen LogP contribution in [0.1, 0.15) is 22.3 Å². The molecular weight excluding hydrogens is 341 g/mol. The van der Waals surface area contributed by atoms with Gasteiger partial charge in [-0.2, -0.15) is 13.2 Å². The smallest absolute Gasteiger partial charge is 0.355 e. The van der Waals surface area contributed by atoms with E-state index in [4.69, 9.17) is 0 Å². The van der Waals surface area contributed by atoms with Gasteiger partial charge in [-0.3, -0.25) is 9.69 Å². The van der Waals surface area contributed by atoms with E-state index in [-0.39, 0.29) is 19.0 Å². The molecular formula is C20H23F3N2O. The summed E-state index contributed by atoms with van der Waals surface area (Å²) in [5.74, 6) is -0.145. The molecule has 0 aliphatic carbocycles. The van der Waals surface area contributed by atoms with Gasteiger partial charge in [0.25, 0.3) is 0 Å². The van der Waals surface area contributed by atoms with E-state index >= 15 is 0 Å². The average Bonchev–Trinajstić information content (AvgIpc) is 2.56. The molecule has 1 amide bonds. The Balaban J connectivity index is 1.79. The van der Waals surface area contributed by atoms with Gasteiger partial charge in [0.1, 0.15) is 0 Å². The van der Waals surface area contributed by atoms with Crippen LogP contribution in [0.5, 0.6) is 0 Å². The molecule has 0 atom stereocenters. The fraction of sp³-hybridized carbons (Fsp3) is 0.350. The van der Waals surface area contributed by atoms with Crippen molar-refractivity contribution in [3.05, 3.63) is 70.8 Å². The molecule has 0 saturated carbocycles. The molecule has 2 rings (SSSR count). The number of carbonyl (C=O) groups excluding carboxylic acids is 1. The van der Waals surface area contributed by atoms with E-state index in [1.54, 1.807) is 18.0 Å². The maximum atomic E-state index is 12.7. The Morgan fingerprint density at radius 2 is 1.85 bits per heavy atom. The Labute approximate surface area is 151 Å². The van der Waals surface area contributed by atoms with E-state index in [0.717, 1.165) is 18.6 Å². The van der Waals surface area contributed by atoms with Crippen LogP contribution in [0.3, 0.4) is 0 Å². The van der Waals surface area contributed by atoms with Crippen molar-refractivity contribution in [3.63, 3.8) is 0 Å². The summed E-state index contributed by atoms with van der Waals surface area (Å²) in [5, 5.41) is 2.85. The Morgan fingerprint density at radius 1 is 1.12 bits per heavy atom. The molecule has 0 heterocycles. The maximum absolute atomic E-state index is 12.7. The van der Waals surface area contributed by atoms with E-state index < -0.39 is 11.7 Å².